The normalized spacial score (nSPS) is 18.4. The maximum Gasteiger partial charge on any atom is 0.219 e. The van der Waals surface area contributed by atoms with Gasteiger partial charge in [-0.25, -0.2) is 0 Å². The van der Waals surface area contributed by atoms with E-state index < -0.39 is 5.60 Å². The monoisotopic (exact) mass is 384 g/mol. The van der Waals surface area contributed by atoms with E-state index >= 15 is 0 Å². The molecule has 2 heterocycles. The summed E-state index contributed by atoms with van der Waals surface area (Å²) in [5, 5.41) is 18.4. The van der Waals surface area contributed by atoms with Gasteiger partial charge in [0.2, 0.25) is 12.1 Å². The van der Waals surface area contributed by atoms with Gasteiger partial charge in [-0.15, -0.1) is 0 Å². The Morgan fingerprint density at radius 1 is 1.14 bits per heavy atom. The second kappa shape index (κ2) is 7.41. The standard InChI is InChI=1S/C23H20N4O2/c1-16(28)27-9-7-23(8-10-27)13-21(26-15-25)20-12-19(5-6-22(20)29-23)18-4-2-3-17(11-18)14-24/h2-6,11-12H,7-10,13H2,1H3. The third kappa shape index (κ3) is 3.58. The van der Waals surface area contributed by atoms with Gasteiger partial charge < -0.3 is 9.64 Å². The lowest BCUT2D eigenvalue weighted by molar-refractivity contribution is -0.132. The number of carbonyl (C=O) groups is 1. The summed E-state index contributed by atoms with van der Waals surface area (Å²) in [5.74, 6) is 0.785. The zero-order chi connectivity index (χ0) is 20.4. The van der Waals surface area contributed by atoms with Crippen molar-refractivity contribution >= 4 is 11.6 Å². The van der Waals surface area contributed by atoms with Crippen LogP contribution < -0.4 is 4.74 Å². The minimum Gasteiger partial charge on any atom is -0.486 e. The number of likely N-dealkylation sites (tertiary alicyclic amines) is 1. The molecule has 2 aromatic carbocycles. The molecule has 6 nitrogen and oxygen atoms in total. The lowest BCUT2D eigenvalue weighted by Crippen LogP contribution is -2.52. The van der Waals surface area contributed by atoms with E-state index in [9.17, 15) is 10.1 Å². The second-order valence-corrected chi connectivity index (χ2v) is 7.53. The molecule has 29 heavy (non-hydrogen) atoms. The lowest BCUT2D eigenvalue weighted by Gasteiger charge is -2.44. The summed E-state index contributed by atoms with van der Waals surface area (Å²) in [6, 6.07) is 15.4. The van der Waals surface area contributed by atoms with E-state index in [-0.39, 0.29) is 5.91 Å². The number of nitrogens with zero attached hydrogens (tertiary/aromatic N) is 4. The van der Waals surface area contributed by atoms with E-state index in [1.54, 1.807) is 13.0 Å². The fourth-order valence-electron chi connectivity index (χ4n) is 4.13. The van der Waals surface area contributed by atoms with Gasteiger partial charge in [-0.3, -0.25) is 4.79 Å². The molecule has 1 fully saturated rings. The van der Waals surface area contributed by atoms with Crippen molar-refractivity contribution in [1.82, 2.24) is 4.90 Å². The highest BCUT2D eigenvalue weighted by Crippen LogP contribution is 2.41. The number of piperidine rings is 1. The van der Waals surface area contributed by atoms with Crippen LogP contribution in [0, 0.1) is 22.8 Å². The Labute approximate surface area is 169 Å². The maximum absolute atomic E-state index is 11.7. The third-order valence-corrected chi connectivity index (χ3v) is 5.74. The van der Waals surface area contributed by atoms with Gasteiger partial charge in [-0.05, 0) is 35.4 Å². The number of fused-ring (bicyclic) bond motifs is 1. The predicted octanol–water partition coefficient (Wildman–Crippen LogP) is 3.66. The highest BCUT2D eigenvalue weighted by atomic mass is 16.5. The Kier molecular flexibility index (Phi) is 4.78. The number of amides is 1. The largest absolute Gasteiger partial charge is 0.486 e. The highest BCUT2D eigenvalue weighted by molar-refractivity contribution is 6.05. The highest BCUT2D eigenvalue weighted by Gasteiger charge is 2.42. The minimum absolute atomic E-state index is 0.0752. The zero-order valence-electron chi connectivity index (χ0n) is 16.2. The summed E-state index contributed by atoms with van der Waals surface area (Å²) in [5.41, 5.74) is 3.56. The molecule has 1 saturated heterocycles. The van der Waals surface area contributed by atoms with Crippen molar-refractivity contribution in [3.05, 3.63) is 53.6 Å². The van der Waals surface area contributed by atoms with Crippen LogP contribution in [0.5, 0.6) is 5.75 Å². The van der Waals surface area contributed by atoms with E-state index in [0.29, 0.717) is 49.4 Å². The van der Waals surface area contributed by atoms with Gasteiger partial charge in [0, 0.05) is 44.8 Å². The van der Waals surface area contributed by atoms with Crippen molar-refractivity contribution in [3.8, 4) is 29.1 Å². The smallest absolute Gasteiger partial charge is 0.219 e. The van der Waals surface area contributed by atoms with E-state index in [2.05, 4.69) is 11.1 Å². The molecule has 144 valence electrons. The van der Waals surface area contributed by atoms with Gasteiger partial charge in [0.25, 0.3) is 0 Å². The van der Waals surface area contributed by atoms with Crippen LogP contribution in [0.4, 0.5) is 0 Å². The molecule has 0 bridgehead atoms. The summed E-state index contributed by atoms with van der Waals surface area (Å²) in [7, 11) is 0. The molecule has 2 aliphatic heterocycles. The van der Waals surface area contributed by atoms with Gasteiger partial charge in [0.05, 0.1) is 17.3 Å². The Hall–Kier alpha value is -3.64. The third-order valence-electron chi connectivity index (χ3n) is 5.74. The average molecular weight is 384 g/mol. The van der Waals surface area contributed by atoms with Gasteiger partial charge in [0.1, 0.15) is 11.4 Å². The van der Waals surface area contributed by atoms with E-state index in [1.165, 1.54) is 0 Å². The van der Waals surface area contributed by atoms with Crippen LogP contribution >= 0.6 is 0 Å². The van der Waals surface area contributed by atoms with E-state index in [1.807, 2.05) is 47.5 Å². The van der Waals surface area contributed by atoms with Gasteiger partial charge >= 0.3 is 0 Å². The number of hydrogen-bond acceptors (Lipinski definition) is 5. The molecule has 6 heteroatoms. The molecule has 4 rings (SSSR count). The number of rotatable bonds is 1. The summed E-state index contributed by atoms with van der Waals surface area (Å²) < 4.78 is 6.42. The van der Waals surface area contributed by atoms with Crippen LogP contribution in [0.1, 0.15) is 37.3 Å². The van der Waals surface area contributed by atoms with Gasteiger partial charge in [-0.2, -0.15) is 15.5 Å². The molecule has 0 saturated carbocycles. The predicted molar refractivity (Wildman–Crippen MR) is 108 cm³/mol. The summed E-state index contributed by atoms with van der Waals surface area (Å²) in [4.78, 5) is 17.6. The summed E-state index contributed by atoms with van der Waals surface area (Å²) >= 11 is 0. The number of hydrogen-bond donors (Lipinski definition) is 0. The first-order valence-corrected chi connectivity index (χ1v) is 9.59. The number of ether oxygens (including phenoxy) is 1. The van der Waals surface area contributed by atoms with Crippen LogP contribution in [0.2, 0.25) is 0 Å². The molecule has 0 aliphatic carbocycles. The number of nitriles is 2. The minimum atomic E-state index is -0.434. The van der Waals surface area contributed by atoms with Gasteiger partial charge in [0.15, 0.2) is 0 Å². The average Bonchev–Trinajstić information content (AvgIpc) is 2.74. The number of aliphatic imine (C=N–C) groups is 1. The van der Waals surface area contributed by atoms with Crippen LogP contribution in [0.3, 0.4) is 0 Å². The fourth-order valence-corrected chi connectivity index (χ4v) is 4.13. The topological polar surface area (TPSA) is 89.5 Å². The quantitative estimate of drug-likeness (QED) is 0.702. The van der Waals surface area contributed by atoms with E-state index in [0.717, 1.165) is 16.7 Å². The Morgan fingerprint density at radius 2 is 1.90 bits per heavy atom. The van der Waals surface area contributed by atoms with Crippen molar-refractivity contribution in [3.63, 3.8) is 0 Å². The van der Waals surface area contributed by atoms with Crippen LogP contribution in [0.15, 0.2) is 47.5 Å². The first kappa shape index (κ1) is 18.7. The van der Waals surface area contributed by atoms with Crippen molar-refractivity contribution < 1.29 is 9.53 Å². The van der Waals surface area contributed by atoms with Crippen molar-refractivity contribution in [2.75, 3.05) is 13.1 Å². The molecular formula is C23H20N4O2. The summed E-state index contributed by atoms with van der Waals surface area (Å²) in [6.07, 6.45) is 3.89. The SMILES string of the molecule is CC(=O)N1CCC2(CC1)CC(=NC#N)c1cc(-c3cccc(C#N)c3)ccc1O2. The fraction of sp³-hybridized carbons (Fsp3) is 0.304. The molecule has 0 radical (unpaired) electrons. The van der Waals surface area contributed by atoms with E-state index in [4.69, 9.17) is 10.00 Å². The number of benzene rings is 2. The van der Waals surface area contributed by atoms with Crippen LogP contribution in [-0.4, -0.2) is 35.2 Å². The molecule has 0 unspecified atom stereocenters. The molecule has 0 aromatic heterocycles. The number of carbonyl (C=O) groups excluding carboxylic acids is 1. The first-order valence-electron chi connectivity index (χ1n) is 9.59. The van der Waals surface area contributed by atoms with Crippen molar-refractivity contribution in [2.24, 2.45) is 4.99 Å². The maximum atomic E-state index is 11.7. The van der Waals surface area contributed by atoms with Crippen molar-refractivity contribution in [2.45, 2.75) is 31.8 Å². The zero-order valence-corrected chi connectivity index (χ0v) is 16.2. The second-order valence-electron chi connectivity index (χ2n) is 7.53. The van der Waals surface area contributed by atoms with Gasteiger partial charge in [-0.1, -0.05) is 18.2 Å². The molecule has 1 amide bonds. The van der Waals surface area contributed by atoms with Crippen molar-refractivity contribution in [1.29, 1.82) is 10.5 Å². The molecule has 0 N–H and O–H groups in total. The van der Waals surface area contributed by atoms with Crippen LogP contribution in [0.25, 0.3) is 11.1 Å². The Balaban J connectivity index is 1.69. The first-order chi connectivity index (χ1) is 14.0. The molecular weight excluding hydrogens is 364 g/mol. The molecule has 0 atom stereocenters. The molecule has 2 aliphatic rings. The molecule has 2 aromatic rings. The van der Waals surface area contributed by atoms with Crippen LogP contribution in [-0.2, 0) is 4.79 Å². The Morgan fingerprint density at radius 3 is 2.59 bits per heavy atom. The lowest BCUT2D eigenvalue weighted by atomic mass is 9.81. The summed E-state index contributed by atoms with van der Waals surface area (Å²) in [6.45, 7) is 2.87. The Bertz CT molecular complexity index is 1080. The molecule has 1 spiro atoms.